The number of nitrogens with zero attached hydrogens (tertiary/aromatic N) is 3. The molecule has 2 aromatic rings. The summed E-state index contributed by atoms with van der Waals surface area (Å²) in [6.07, 6.45) is 29.2. The maximum absolute atomic E-state index is 11.9. The van der Waals surface area contributed by atoms with Gasteiger partial charge in [-0.2, -0.15) is 0 Å². The van der Waals surface area contributed by atoms with Crippen molar-refractivity contribution in [1.82, 2.24) is 25.7 Å². The number of nitrogens with one attached hydrogen (secondary N) is 2. The standard InChI is InChI=1S/C33H53NO8.C25H45NO9.C16H20N2O11.C15H23NO2.C8H14O7.C6H15N/c1-29(35)16-10-5-4-8-15-21-34-32(37)28-41-25-23-39-22-24-40-27-31(36)19-13-6-2-3-7-14-20-33(38)42-26-30-17-11-9-12-18-30;27-22(12-8-4-1-2-5-9-13-24(29)30)20-34-18-16-33-17-19-35-21-23(28)26-15-11-7-3-6-10-14-25(31)32;19-11-1-2-12(20)17(11)28-15(23)9-26-7-5-25-6-8-27-10-16(24)29-18-13(21)3-4-14(18)22;16-12-8-3-1-2-7-11-15(17)18-13-14-9-5-4-6-10-14;9-7(10)5-14-3-1-13-2-4-15-6-8(11)12;1-4-7(5-2)6-3/h9,11-12,17-18H,2-8,10,13-16,19-28H2,1H3,(H,34,37);1-21H2,(H,26,28)(H,29,30)(H,31,32);1-10H2;4-6,9-10H,1-3,7-8,11-13,16H2;1-6H2,(H,9,10)(H,11,12);4-6H2,1-3H3. The fraction of sp³-hybridized carbons (Fsp3) is 0.718. The van der Waals surface area contributed by atoms with Gasteiger partial charge in [-0.05, 0) is 108 Å². The number of benzene rings is 2. The minimum atomic E-state index is -1.03. The second kappa shape index (κ2) is 102. The van der Waals surface area contributed by atoms with Gasteiger partial charge in [0, 0.05) is 83.7 Å². The molecule has 0 saturated carbocycles. The fourth-order valence-electron chi connectivity index (χ4n) is 12.8. The first-order valence-electron chi connectivity index (χ1n) is 51.4. The molecule has 43 nitrogen and oxygen atoms in total. The molecule has 2 fully saturated rings. The van der Waals surface area contributed by atoms with Crippen molar-refractivity contribution in [3.63, 3.8) is 0 Å². The zero-order chi connectivity index (χ0) is 108. The summed E-state index contributed by atoms with van der Waals surface area (Å²) in [5.74, 6) is -7.78. The lowest BCUT2D eigenvalue weighted by molar-refractivity contribution is -0.200. The number of imide groups is 2. The fourth-order valence-corrected chi connectivity index (χ4v) is 12.8. The molecule has 2 aliphatic heterocycles. The van der Waals surface area contributed by atoms with E-state index in [1.807, 2.05) is 60.7 Å². The first kappa shape index (κ1) is 138. The van der Waals surface area contributed by atoms with Gasteiger partial charge in [0.1, 0.15) is 71.9 Å². The Morgan fingerprint density at radius 1 is 0.295 bits per heavy atom. The smallest absolute Gasteiger partial charge is 0.358 e. The summed E-state index contributed by atoms with van der Waals surface area (Å²) >= 11 is 0. The van der Waals surface area contributed by atoms with Gasteiger partial charge in [-0.3, -0.25) is 57.5 Å². The molecule has 43 heteroatoms. The second-order valence-electron chi connectivity index (χ2n) is 33.5. The van der Waals surface area contributed by atoms with E-state index in [4.69, 9.17) is 83.0 Å². The minimum Gasteiger partial charge on any atom is -0.481 e. The summed E-state index contributed by atoms with van der Waals surface area (Å²) in [6, 6.07) is 19.4. The van der Waals surface area contributed by atoms with E-state index in [-0.39, 0.29) is 172 Å². The highest BCUT2D eigenvalue weighted by Gasteiger charge is 2.34. The van der Waals surface area contributed by atoms with E-state index >= 15 is 0 Å². The Labute approximate surface area is 860 Å². The summed E-state index contributed by atoms with van der Waals surface area (Å²) in [7, 11) is 0. The van der Waals surface area contributed by atoms with Gasteiger partial charge < -0.3 is 122 Å². The summed E-state index contributed by atoms with van der Waals surface area (Å²) in [5.41, 5.74) is 7.45. The number of hydrogen-bond acceptors (Lipinski definition) is 35. The lowest BCUT2D eigenvalue weighted by Gasteiger charge is -2.13. The molecule has 146 heavy (non-hydrogen) atoms. The number of carbonyl (C=O) groups excluding carboxylic acids is 13. The molecule has 8 N–H and O–H groups in total. The van der Waals surface area contributed by atoms with Crippen LogP contribution in [0.3, 0.4) is 0 Å². The van der Waals surface area contributed by atoms with Crippen molar-refractivity contribution in [2.45, 2.75) is 285 Å². The molecule has 2 aliphatic rings. The molecule has 0 aromatic heterocycles. The highest BCUT2D eigenvalue weighted by molar-refractivity contribution is 6.02. The number of unbranched alkanes of at least 4 members (excludes halogenated alkanes) is 22. The molecule has 0 aliphatic carbocycles. The first-order chi connectivity index (χ1) is 70.6. The Kier molecular flexibility index (Phi) is 96.4. The molecular weight excluding hydrogens is 1910 g/mol. The van der Waals surface area contributed by atoms with E-state index in [0.717, 1.165) is 178 Å². The Morgan fingerprint density at radius 2 is 0.548 bits per heavy atom. The maximum Gasteiger partial charge on any atom is 0.358 e. The van der Waals surface area contributed by atoms with E-state index in [2.05, 4.69) is 55.5 Å². The highest BCUT2D eigenvalue weighted by atomic mass is 16.7. The Hall–Kier alpha value is -10.1. The van der Waals surface area contributed by atoms with Gasteiger partial charge in [0.15, 0.2) is 11.6 Å². The van der Waals surface area contributed by atoms with Gasteiger partial charge in [-0.25, -0.2) is 19.2 Å². The summed E-state index contributed by atoms with van der Waals surface area (Å²) in [5, 5.41) is 40.0. The average Bonchev–Trinajstić information content (AvgIpc) is 1.74. The third kappa shape index (κ3) is 97.3. The summed E-state index contributed by atoms with van der Waals surface area (Å²) in [6.45, 7) is 16.9. The highest BCUT2D eigenvalue weighted by Crippen LogP contribution is 2.17. The molecule has 0 atom stereocenters. The monoisotopic (exact) mass is 2080 g/mol. The topological polar surface area (TPSA) is 579 Å². The van der Waals surface area contributed by atoms with Crippen molar-refractivity contribution < 1.29 is 178 Å². The first-order valence-corrected chi connectivity index (χ1v) is 51.4. The second-order valence-corrected chi connectivity index (χ2v) is 33.5. The molecule has 0 spiro atoms. The number of carboxylic acid groups (broad SMARTS) is 4. The van der Waals surface area contributed by atoms with Crippen LogP contribution in [0.4, 0.5) is 0 Å². The van der Waals surface area contributed by atoms with Crippen LogP contribution in [0, 0.1) is 0 Å². The Balaban J connectivity index is 0. The van der Waals surface area contributed by atoms with Crippen LogP contribution in [0.1, 0.15) is 283 Å². The molecule has 0 bridgehead atoms. The molecular formula is C103H170N6O37. The third-order valence-electron chi connectivity index (χ3n) is 20.8. The largest absolute Gasteiger partial charge is 0.481 e. The minimum absolute atomic E-state index is 0.00904. The van der Waals surface area contributed by atoms with Crippen LogP contribution in [-0.4, -0.2) is 334 Å². The summed E-state index contributed by atoms with van der Waals surface area (Å²) < 4.78 is 71.9. The number of ether oxygens (including phenoxy) is 14. The van der Waals surface area contributed by atoms with Gasteiger partial charge in [0.2, 0.25) is 11.8 Å². The van der Waals surface area contributed by atoms with E-state index in [0.29, 0.717) is 134 Å². The van der Waals surface area contributed by atoms with Crippen LogP contribution in [0.5, 0.6) is 0 Å². The quantitative estimate of drug-likeness (QED) is 0.0184. The van der Waals surface area contributed by atoms with E-state index in [9.17, 15) is 81.5 Å². The van der Waals surface area contributed by atoms with Crippen LogP contribution in [0.15, 0.2) is 60.7 Å². The number of hydroxylamine groups is 4. The van der Waals surface area contributed by atoms with Crippen molar-refractivity contribution >= 4 is 101 Å². The molecule has 2 aromatic carbocycles. The zero-order valence-corrected chi connectivity index (χ0v) is 87.0. The van der Waals surface area contributed by atoms with Crippen LogP contribution >= 0.6 is 0 Å². The Bertz CT molecular complexity index is 3590. The zero-order valence-electron chi connectivity index (χ0n) is 87.0. The van der Waals surface area contributed by atoms with Gasteiger partial charge in [-0.1, -0.05) is 191 Å². The molecule has 2 saturated heterocycles. The van der Waals surface area contributed by atoms with Crippen LogP contribution < -0.4 is 16.4 Å². The summed E-state index contributed by atoms with van der Waals surface area (Å²) in [4.78, 5) is 202. The van der Waals surface area contributed by atoms with E-state index in [1.54, 1.807) is 6.92 Å². The number of carboxylic acids is 4. The maximum atomic E-state index is 11.9. The van der Waals surface area contributed by atoms with Gasteiger partial charge in [0.05, 0.1) is 106 Å². The molecule has 2 heterocycles. The average molecular weight is 2080 g/mol. The van der Waals surface area contributed by atoms with Crippen molar-refractivity contribution in [3.05, 3.63) is 71.8 Å². The predicted octanol–water partition coefficient (Wildman–Crippen LogP) is 10.7. The van der Waals surface area contributed by atoms with Crippen molar-refractivity contribution in [2.24, 2.45) is 5.73 Å². The molecule has 4 rings (SSSR count). The number of Topliss-reactive ketones (excluding diaryl/α,β-unsaturated/α-hetero) is 3. The van der Waals surface area contributed by atoms with Crippen molar-refractivity contribution in [3.8, 4) is 0 Å². The predicted molar refractivity (Wildman–Crippen MR) is 533 cm³/mol. The number of esters is 2. The molecule has 0 unspecified atom stereocenters. The Morgan fingerprint density at radius 3 is 0.829 bits per heavy atom. The van der Waals surface area contributed by atoms with E-state index < -0.39 is 72.7 Å². The van der Waals surface area contributed by atoms with Gasteiger partial charge in [0.25, 0.3) is 23.6 Å². The SMILES string of the molecule is CC(=O)CCCCCCCNC(=O)COCCOCCOCC(=O)CCCCCCCCC(=O)OCc1ccccc1.CCN(CC)CC.NCCCCCCCC(=O)OCc1ccccc1.O=C(COCCOCCOCC(=O)ON1C(=O)CCC1=O)ON1C(=O)CCC1=O.O=C(O)CCCCCCCCC(=O)COCCOCCOCC(=O)NCCCCCCCC(=O)O.O=C(O)COCCOCCOCC(=O)O. The van der Waals surface area contributed by atoms with Crippen molar-refractivity contribution in [1.29, 1.82) is 0 Å². The lowest BCUT2D eigenvalue weighted by Crippen LogP contribution is -2.33. The van der Waals surface area contributed by atoms with Gasteiger partial charge in [-0.15, -0.1) is 10.1 Å². The third-order valence-corrected chi connectivity index (χ3v) is 20.8. The number of ketones is 3. The number of aliphatic carboxylic acids is 4. The van der Waals surface area contributed by atoms with E-state index in [1.165, 1.54) is 19.6 Å². The number of nitrogens with two attached hydrogens (primary N) is 1. The van der Waals surface area contributed by atoms with Crippen LogP contribution in [0.25, 0.3) is 0 Å². The van der Waals surface area contributed by atoms with Crippen molar-refractivity contribution in [2.75, 3.05) is 198 Å². The number of rotatable bonds is 90. The lowest BCUT2D eigenvalue weighted by atomic mass is 10.1. The molecule has 0 radical (unpaired) electrons. The molecule has 834 valence electrons. The van der Waals surface area contributed by atoms with Crippen LogP contribution in [-0.2, 0) is 171 Å². The number of amides is 6. The van der Waals surface area contributed by atoms with Gasteiger partial charge >= 0.3 is 47.8 Å². The molecule has 6 amide bonds. The number of carbonyl (C=O) groups is 17. The normalized spacial score (nSPS) is 11.8. The van der Waals surface area contributed by atoms with Crippen LogP contribution in [0.2, 0.25) is 0 Å². The number of hydrogen-bond donors (Lipinski definition) is 7.